The van der Waals surface area contributed by atoms with Gasteiger partial charge in [-0.1, -0.05) is 30.3 Å². The lowest BCUT2D eigenvalue weighted by Crippen LogP contribution is -2.38. The van der Waals surface area contributed by atoms with Crippen molar-refractivity contribution < 1.29 is 20.1 Å². The van der Waals surface area contributed by atoms with Crippen molar-refractivity contribution in [2.75, 3.05) is 39.5 Å². The highest BCUT2D eigenvalue weighted by Crippen LogP contribution is 2.33. The van der Waals surface area contributed by atoms with Gasteiger partial charge in [-0.25, -0.2) is 0 Å². The Balaban J connectivity index is 1.96. The van der Waals surface area contributed by atoms with Crippen LogP contribution < -0.4 is 4.74 Å². The van der Waals surface area contributed by atoms with Crippen LogP contribution in [-0.4, -0.2) is 65.8 Å². The summed E-state index contributed by atoms with van der Waals surface area (Å²) in [5.41, 5.74) is 0. The Morgan fingerprint density at radius 1 is 1.04 bits per heavy atom. The molecular formula is C17H22BrNO4. The van der Waals surface area contributed by atoms with Crippen LogP contribution in [-0.2, 0) is 0 Å². The number of aliphatic hydroxyl groups is 3. The molecule has 0 spiro atoms. The minimum atomic E-state index is -0.702. The van der Waals surface area contributed by atoms with Crippen molar-refractivity contribution in [3.8, 4) is 5.75 Å². The largest absolute Gasteiger partial charge is 0.490 e. The summed E-state index contributed by atoms with van der Waals surface area (Å²) < 4.78 is 6.58. The summed E-state index contributed by atoms with van der Waals surface area (Å²) in [6.07, 6.45) is -0.702. The number of rotatable bonds is 9. The minimum Gasteiger partial charge on any atom is -0.490 e. The van der Waals surface area contributed by atoms with Gasteiger partial charge in [-0.05, 0) is 32.8 Å². The molecule has 5 nitrogen and oxygen atoms in total. The van der Waals surface area contributed by atoms with Gasteiger partial charge < -0.3 is 20.1 Å². The Morgan fingerprint density at radius 2 is 1.74 bits per heavy atom. The third-order valence-corrected chi connectivity index (χ3v) is 4.38. The van der Waals surface area contributed by atoms with E-state index in [1.807, 2.05) is 36.4 Å². The third kappa shape index (κ3) is 5.16. The lowest BCUT2D eigenvalue weighted by molar-refractivity contribution is 0.0551. The van der Waals surface area contributed by atoms with E-state index in [4.69, 9.17) is 14.9 Å². The van der Waals surface area contributed by atoms with Gasteiger partial charge in [-0.15, -0.1) is 0 Å². The number of ether oxygens (including phenoxy) is 1. The highest BCUT2D eigenvalue weighted by atomic mass is 79.9. The molecule has 6 heteroatoms. The SMILES string of the molecule is OCCN(CCO)C[C@H](O)COc1ccc2ccccc2c1Br. The van der Waals surface area contributed by atoms with Gasteiger partial charge in [-0.2, -0.15) is 0 Å². The van der Waals surface area contributed by atoms with Gasteiger partial charge in [0.25, 0.3) is 0 Å². The van der Waals surface area contributed by atoms with E-state index < -0.39 is 6.10 Å². The van der Waals surface area contributed by atoms with E-state index in [0.29, 0.717) is 25.4 Å². The average Bonchev–Trinajstić information content (AvgIpc) is 2.55. The Hall–Kier alpha value is -1.18. The van der Waals surface area contributed by atoms with E-state index in [1.165, 1.54) is 0 Å². The minimum absolute atomic E-state index is 0.0101. The number of hydrogen-bond acceptors (Lipinski definition) is 5. The molecule has 0 aliphatic rings. The van der Waals surface area contributed by atoms with E-state index in [0.717, 1.165) is 15.2 Å². The molecule has 126 valence electrons. The maximum absolute atomic E-state index is 10.1. The number of halogens is 1. The molecule has 0 unspecified atom stereocenters. The van der Waals surface area contributed by atoms with Gasteiger partial charge in [0.05, 0.1) is 17.7 Å². The molecule has 1 atom stereocenters. The second kappa shape index (κ2) is 9.20. The fourth-order valence-corrected chi connectivity index (χ4v) is 3.05. The summed E-state index contributed by atoms with van der Waals surface area (Å²) in [4.78, 5) is 1.80. The topological polar surface area (TPSA) is 73.2 Å². The summed E-state index contributed by atoms with van der Waals surface area (Å²) in [5.74, 6) is 0.679. The Labute approximate surface area is 144 Å². The van der Waals surface area contributed by atoms with Crippen LogP contribution in [0.25, 0.3) is 10.8 Å². The highest BCUT2D eigenvalue weighted by Gasteiger charge is 2.13. The molecule has 2 aromatic rings. The van der Waals surface area contributed by atoms with E-state index in [-0.39, 0.29) is 19.8 Å². The van der Waals surface area contributed by atoms with Crippen molar-refractivity contribution in [2.24, 2.45) is 0 Å². The molecule has 23 heavy (non-hydrogen) atoms. The number of aliphatic hydroxyl groups excluding tert-OH is 3. The van der Waals surface area contributed by atoms with Gasteiger partial charge in [-0.3, -0.25) is 4.90 Å². The van der Waals surface area contributed by atoms with Crippen molar-refractivity contribution in [1.82, 2.24) is 4.90 Å². The molecule has 0 fully saturated rings. The normalized spacial score (nSPS) is 12.7. The number of nitrogens with zero attached hydrogens (tertiary/aromatic N) is 1. The van der Waals surface area contributed by atoms with Crippen molar-refractivity contribution >= 4 is 26.7 Å². The first-order valence-electron chi connectivity index (χ1n) is 7.58. The summed E-state index contributed by atoms with van der Waals surface area (Å²) in [7, 11) is 0. The zero-order valence-corrected chi connectivity index (χ0v) is 14.4. The van der Waals surface area contributed by atoms with Crippen LogP contribution >= 0.6 is 15.9 Å². The molecule has 0 amide bonds. The molecule has 0 radical (unpaired) electrons. The zero-order valence-electron chi connectivity index (χ0n) is 12.9. The predicted molar refractivity (Wildman–Crippen MR) is 93.8 cm³/mol. The molecule has 0 saturated carbocycles. The van der Waals surface area contributed by atoms with Gasteiger partial charge >= 0.3 is 0 Å². The second-order valence-electron chi connectivity index (χ2n) is 5.31. The van der Waals surface area contributed by atoms with Crippen molar-refractivity contribution in [1.29, 1.82) is 0 Å². The van der Waals surface area contributed by atoms with Crippen LogP contribution in [0.5, 0.6) is 5.75 Å². The predicted octanol–water partition coefficient (Wildman–Crippen LogP) is 1.63. The fraction of sp³-hybridized carbons (Fsp3) is 0.412. The van der Waals surface area contributed by atoms with Crippen LogP contribution in [0.15, 0.2) is 40.9 Å². The molecule has 0 saturated heterocycles. The molecule has 0 aliphatic heterocycles. The molecule has 0 aromatic heterocycles. The average molecular weight is 384 g/mol. The third-order valence-electron chi connectivity index (χ3n) is 3.56. The summed E-state index contributed by atoms with van der Waals surface area (Å²) >= 11 is 3.55. The number of hydrogen-bond donors (Lipinski definition) is 3. The molecular weight excluding hydrogens is 362 g/mol. The first-order valence-corrected chi connectivity index (χ1v) is 8.37. The van der Waals surface area contributed by atoms with Crippen molar-refractivity contribution in [3.63, 3.8) is 0 Å². The van der Waals surface area contributed by atoms with Gasteiger partial charge in [0.2, 0.25) is 0 Å². The van der Waals surface area contributed by atoms with Crippen LogP contribution in [0.3, 0.4) is 0 Å². The second-order valence-corrected chi connectivity index (χ2v) is 6.10. The maximum atomic E-state index is 10.1. The van der Waals surface area contributed by atoms with Crippen molar-refractivity contribution in [3.05, 3.63) is 40.9 Å². The van der Waals surface area contributed by atoms with Gasteiger partial charge in [0.1, 0.15) is 18.5 Å². The molecule has 2 rings (SSSR count). The summed E-state index contributed by atoms with van der Waals surface area (Å²) in [6, 6.07) is 11.8. The fourth-order valence-electron chi connectivity index (χ4n) is 2.44. The van der Waals surface area contributed by atoms with E-state index in [9.17, 15) is 5.11 Å². The van der Waals surface area contributed by atoms with Crippen molar-refractivity contribution in [2.45, 2.75) is 6.10 Å². The van der Waals surface area contributed by atoms with Crippen LogP contribution in [0.2, 0.25) is 0 Å². The molecule has 0 heterocycles. The Morgan fingerprint density at radius 3 is 2.43 bits per heavy atom. The van der Waals surface area contributed by atoms with E-state index >= 15 is 0 Å². The van der Waals surface area contributed by atoms with E-state index in [2.05, 4.69) is 15.9 Å². The summed E-state index contributed by atoms with van der Waals surface area (Å²) in [6.45, 7) is 1.29. The standard InChI is InChI=1S/C17H22BrNO4/c18-17-15-4-2-1-3-13(15)5-6-16(17)23-12-14(22)11-19(7-9-20)8-10-21/h1-6,14,20-22H,7-12H2/t14-/m0/s1. The maximum Gasteiger partial charge on any atom is 0.134 e. The van der Waals surface area contributed by atoms with Crippen LogP contribution in [0, 0.1) is 0 Å². The molecule has 0 aliphatic carbocycles. The quantitative estimate of drug-likeness (QED) is 0.613. The lowest BCUT2D eigenvalue weighted by atomic mass is 10.1. The van der Waals surface area contributed by atoms with Crippen LogP contribution in [0.4, 0.5) is 0 Å². The Kier molecular flexibility index (Phi) is 7.26. The monoisotopic (exact) mass is 383 g/mol. The number of benzene rings is 2. The van der Waals surface area contributed by atoms with Gasteiger partial charge in [0, 0.05) is 19.6 Å². The summed E-state index contributed by atoms with van der Waals surface area (Å²) in [5, 5.41) is 30.2. The molecule has 0 bridgehead atoms. The van der Waals surface area contributed by atoms with Crippen LogP contribution in [0.1, 0.15) is 0 Å². The van der Waals surface area contributed by atoms with Gasteiger partial charge in [0.15, 0.2) is 0 Å². The lowest BCUT2D eigenvalue weighted by Gasteiger charge is -2.23. The van der Waals surface area contributed by atoms with E-state index in [1.54, 1.807) is 4.90 Å². The smallest absolute Gasteiger partial charge is 0.134 e. The number of fused-ring (bicyclic) bond motifs is 1. The first kappa shape index (κ1) is 18.2. The Bertz CT molecular complexity index is 617. The molecule has 3 N–H and O–H groups in total. The first-order chi connectivity index (χ1) is 11.2. The molecule has 2 aromatic carbocycles. The zero-order chi connectivity index (χ0) is 16.7. The highest BCUT2D eigenvalue weighted by molar-refractivity contribution is 9.10.